The molecule has 1 heterocycles. The second kappa shape index (κ2) is 9.04. The third-order valence-corrected chi connectivity index (χ3v) is 3.53. The lowest BCUT2D eigenvalue weighted by atomic mass is 10.0. The van der Waals surface area contributed by atoms with E-state index in [4.69, 9.17) is 4.79 Å². The molecule has 0 aliphatic rings. The van der Waals surface area contributed by atoms with E-state index in [2.05, 4.69) is 36.5 Å². The van der Waals surface area contributed by atoms with Crippen LogP contribution in [0.3, 0.4) is 0 Å². The smallest absolute Gasteiger partial charge is 0.206 e. The standard InChI is InChI=1S/C13H14BrN3O2.C2H5NO/c1-7(18)3-4-11(19)8-5-9(14)12-10(6-8)16-13(15-2)17-12;1-3-2-4/h5-6H,3-4H2,1-2H3,(H2,15,16,17);2H,1H3,(H,3,4). The summed E-state index contributed by atoms with van der Waals surface area (Å²) in [5.41, 5.74) is 2.13. The summed E-state index contributed by atoms with van der Waals surface area (Å²) in [6.07, 6.45) is 1.14. The summed E-state index contributed by atoms with van der Waals surface area (Å²) in [6, 6.07) is 3.50. The lowest BCUT2D eigenvalue weighted by Crippen LogP contribution is -2.02. The SMILES string of the molecule is CNC=O.CNc1nc2c(Br)cc(C(=O)CCC(C)=O)cc2[nH]1. The quantitative estimate of drug-likeness (QED) is 0.525. The normalized spacial score (nSPS) is 9.74. The number of anilines is 1. The first-order valence-electron chi connectivity index (χ1n) is 6.93. The van der Waals surface area contributed by atoms with Gasteiger partial charge in [0.05, 0.1) is 5.52 Å². The molecule has 0 aliphatic carbocycles. The number of rotatable bonds is 6. The first kappa shape index (κ1) is 18.8. The Morgan fingerprint density at radius 2 is 1.96 bits per heavy atom. The highest BCUT2D eigenvalue weighted by Crippen LogP contribution is 2.26. The number of amides is 1. The average molecular weight is 383 g/mol. The molecule has 0 fully saturated rings. The maximum atomic E-state index is 12.0. The number of carbonyl (C=O) groups excluding carboxylic acids is 3. The lowest BCUT2D eigenvalue weighted by molar-refractivity contribution is -0.117. The third kappa shape index (κ3) is 5.48. The Labute approximate surface area is 142 Å². The van der Waals surface area contributed by atoms with Crippen LogP contribution in [0.15, 0.2) is 16.6 Å². The van der Waals surface area contributed by atoms with E-state index in [9.17, 15) is 9.59 Å². The molecule has 0 aliphatic heterocycles. The molecule has 0 atom stereocenters. The molecule has 0 radical (unpaired) electrons. The monoisotopic (exact) mass is 382 g/mol. The van der Waals surface area contributed by atoms with Gasteiger partial charge in [0.25, 0.3) is 0 Å². The molecule has 124 valence electrons. The predicted octanol–water partition coefficient (Wildman–Crippen LogP) is 2.28. The number of ketones is 2. The summed E-state index contributed by atoms with van der Waals surface area (Å²) in [5, 5.41) is 5.17. The average Bonchev–Trinajstić information content (AvgIpc) is 2.96. The predicted molar refractivity (Wildman–Crippen MR) is 92.7 cm³/mol. The molecule has 7 nitrogen and oxygen atoms in total. The largest absolute Gasteiger partial charge is 0.362 e. The highest BCUT2D eigenvalue weighted by molar-refractivity contribution is 9.10. The second-order valence-electron chi connectivity index (χ2n) is 4.72. The summed E-state index contributed by atoms with van der Waals surface area (Å²) in [5.74, 6) is 0.620. The lowest BCUT2D eigenvalue weighted by Gasteiger charge is -2.01. The van der Waals surface area contributed by atoms with Crippen molar-refractivity contribution in [2.24, 2.45) is 0 Å². The van der Waals surface area contributed by atoms with Gasteiger partial charge >= 0.3 is 0 Å². The van der Waals surface area contributed by atoms with Crippen molar-refractivity contribution >= 4 is 50.9 Å². The van der Waals surface area contributed by atoms with Crippen molar-refractivity contribution in [2.45, 2.75) is 19.8 Å². The van der Waals surface area contributed by atoms with Crippen LogP contribution in [0.2, 0.25) is 0 Å². The number of aromatic nitrogens is 2. The topological polar surface area (TPSA) is 104 Å². The van der Waals surface area contributed by atoms with Crippen molar-refractivity contribution in [2.75, 3.05) is 19.4 Å². The van der Waals surface area contributed by atoms with Gasteiger partial charge < -0.3 is 20.4 Å². The van der Waals surface area contributed by atoms with Gasteiger partial charge in [0.1, 0.15) is 11.3 Å². The first-order chi connectivity index (χ1) is 10.9. The summed E-state index contributed by atoms with van der Waals surface area (Å²) in [7, 11) is 3.33. The molecule has 2 rings (SSSR count). The second-order valence-corrected chi connectivity index (χ2v) is 5.58. The molecule has 1 aromatic heterocycles. The molecule has 0 bridgehead atoms. The van der Waals surface area contributed by atoms with Crippen LogP contribution in [0.5, 0.6) is 0 Å². The van der Waals surface area contributed by atoms with Crippen LogP contribution in [-0.4, -0.2) is 42.0 Å². The van der Waals surface area contributed by atoms with Gasteiger partial charge in [-0.25, -0.2) is 4.98 Å². The Hall–Kier alpha value is -2.22. The molecular formula is C15H19BrN4O3. The van der Waals surface area contributed by atoms with E-state index < -0.39 is 0 Å². The first-order valence-corrected chi connectivity index (χ1v) is 7.72. The third-order valence-electron chi connectivity index (χ3n) is 2.92. The molecule has 2 aromatic rings. The van der Waals surface area contributed by atoms with Crippen molar-refractivity contribution in [1.82, 2.24) is 15.3 Å². The molecule has 0 saturated heterocycles. The molecule has 0 spiro atoms. The number of fused-ring (bicyclic) bond motifs is 1. The summed E-state index contributed by atoms with van der Waals surface area (Å²) in [6.45, 7) is 1.49. The molecule has 1 amide bonds. The van der Waals surface area contributed by atoms with E-state index >= 15 is 0 Å². The van der Waals surface area contributed by atoms with Crippen LogP contribution in [0.4, 0.5) is 5.95 Å². The van der Waals surface area contributed by atoms with Gasteiger partial charge in [0, 0.05) is 37.0 Å². The van der Waals surface area contributed by atoms with Crippen molar-refractivity contribution in [3.05, 3.63) is 22.2 Å². The number of carbonyl (C=O) groups is 3. The van der Waals surface area contributed by atoms with Crippen LogP contribution in [0.25, 0.3) is 11.0 Å². The van der Waals surface area contributed by atoms with Gasteiger partial charge in [-0.2, -0.15) is 0 Å². The number of aromatic amines is 1. The Kier molecular flexibility index (Phi) is 7.40. The molecule has 1 aromatic carbocycles. The zero-order valence-electron chi connectivity index (χ0n) is 13.2. The van der Waals surface area contributed by atoms with Crippen LogP contribution in [0.1, 0.15) is 30.1 Å². The fraction of sp³-hybridized carbons (Fsp3) is 0.333. The molecule has 0 unspecified atom stereocenters. The van der Waals surface area contributed by atoms with E-state index in [0.717, 1.165) is 15.5 Å². The van der Waals surface area contributed by atoms with Crippen LogP contribution in [-0.2, 0) is 9.59 Å². The fourth-order valence-corrected chi connectivity index (χ4v) is 2.34. The van der Waals surface area contributed by atoms with Gasteiger partial charge in [-0.3, -0.25) is 9.59 Å². The maximum absolute atomic E-state index is 12.0. The van der Waals surface area contributed by atoms with Gasteiger partial charge in [0.15, 0.2) is 5.78 Å². The van der Waals surface area contributed by atoms with Crippen molar-refractivity contribution < 1.29 is 14.4 Å². The molecule has 8 heteroatoms. The van der Waals surface area contributed by atoms with Crippen LogP contribution in [0, 0.1) is 0 Å². The van der Waals surface area contributed by atoms with Crippen LogP contribution < -0.4 is 10.6 Å². The van der Waals surface area contributed by atoms with E-state index in [1.807, 2.05) is 0 Å². The number of Topliss-reactive ketones (excluding diaryl/α,β-unsaturated/α-hetero) is 2. The number of nitrogens with zero attached hydrogens (tertiary/aromatic N) is 1. The number of halogens is 1. The maximum Gasteiger partial charge on any atom is 0.206 e. The van der Waals surface area contributed by atoms with Crippen LogP contribution >= 0.6 is 15.9 Å². The number of benzene rings is 1. The zero-order valence-corrected chi connectivity index (χ0v) is 14.8. The van der Waals surface area contributed by atoms with E-state index in [1.54, 1.807) is 26.2 Å². The Morgan fingerprint density at radius 3 is 2.48 bits per heavy atom. The van der Waals surface area contributed by atoms with Gasteiger partial charge in [0.2, 0.25) is 12.4 Å². The number of imidazole rings is 1. The highest BCUT2D eigenvalue weighted by atomic mass is 79.9. The molecule has 0 saturated carbocycles. The fourth-order valence-electron chi connectivity index (χ4n) is 1.79. The van der Waals surface area contributed by atoms with E-state index in [0.29, 0.717) is 17.9 Å². The van der Waals surface area contributed by atoms with Gasteiger partial charge in [-0.05, 0) is 35.0 Å². The van der Waals surface area contributed by atoms with Crippen molar-refractivity contribution in [3.63, 3.8) is 0 Å². The van der Waals surface area contributed by atoms with Crippen molar-refractivity contribution in [3.8, 4) is 0 Å². The summed E-state index contributed by atoms with van der Waals surface area (Å²) in [4.78, 5) is 39.4. The molecular weight excluding hydrogens is 364 g/mol. The van der Waals surface area contributed by atoms with Gasteiger partial charge in [-0.15, -0.1) is 0 Å². The van der Waals surface area contributed by atoms with E-state index in [-0.39, 0.29) is 24.4 Å². The Bertz CT molecular complexity index is 712. The molecule has 3 N–H and O–H groups in total. The van der Waals surface area contributed by atoms with E-state index in [1.165, 1.54) is 6.92 Å². The minimum Gasteiger partial charge on any atom is -0.362 e. The minimum atomic E-state index is -0.0431. The summed E-state index contributed by atoms with van der Waals surface area (Å²) < 4.78 is 0.758. The molecule has 23 heavy (non-hydrogen) atoms. The Morgan fingerprint density at radius 1 is 1.30 bits per heavy atom. The number of hydrogen-bond donors (Lipinski definition) is 3. The van der Waals surface area contributed by atoms with Crippen molar-refractivity contribution in [1.29, 1.82) is 0 Å². The number of hydrogen-bond acceptors (Lipinski definition) is 5. The minimum absolute atomic E-state index is 0.0208. The zero-order chi connectivity index (χ0) is 17.4. The number of H-pyrrole nitrogens is 1. The summed E-state index contributed by atoms with van der Waals surface area (Å²) >= 11 is 3.41. The number of nitrogens with one attached hydrogen (secondary N) is 3. The Balaban J connectivity index is 0.000000593. The highest BCUT2D eigenvalue weighted by Gasteiger charge is 2.12. The van der Waals surface area contributed by atoms with Gasteiger partial charge in [-0.1, -0.05) is 0 Å².